The lowest BCUT2D eigenvalue weighted by Gasteiger charge is -2.22. The zero-order valence-electron chi connectivity index (χ0n) is 11.5. The number of halogens is 2. The number of ketones is 1. The number of nitrogens with zero attached hydrogens (tertiary/aromatic N) is 1. The maximum absolute atomic E-state index is 13.8. The number of anilines is 1. The Morgan fingerprint density at radius 3 is 2.45 bits per heavy atom. The molecule has 0 unspecified atom stereocenters. The third-order valence-electron chi connectivity index (χ3n) is 2.83. The molecule has 0 N–H and O–H groups in total. The third-order valence-corrected chi connectivity index (χ3v) is 2.83. The second kappa shape index (κ2) is 4.94. The Morgan fingerprint density at radius 1 is 1.20 bits per heavy atom. The van der Waals surface area contributed by atoms with Gasteiger partial charge in [-0.1, -0.05) is 0 Å². The number of carbonyl (C=O) groups excluding carboxylic acids is 2. The van der Waals surface area contributed by atoms with Crippen LogP contribution in [-0.2, 0) is 9.53 Å². The molecule has 0 aliphatic carbocycles. The van der Waals surface area contributed by atoms with E-state index in [4.69, 9.17) is 4.74 Å². The summed E-state index contributed by atoms with van der Waals surface area (Å²) in [7, 11) is 0. The summed E-state index contributed by atoms with van der Waals surface area (Å²) in [6.07, 6.45) is 0. The number of benzene rings is 1. The van der Waals surface area contributed by atoms with Crippen molar-refractivity contribution in [3.05, 3.63) is 29.3 Å². The summed E-state index contributed by atoms with van der Waals surface area (Å²) in [5.41, 5.74) is -0.807. The predicted molar refractivity (Wildman–Crippen MR) is 68.7 cm³/mol. The third kappa shape index (κ3) is 2.70. The Morgan fingerprint density at radius 2 is 1.85 bits per heavy atom. The Bertz CT molecular complexity index is 579. The maximum atomic E-state index is 13.8. The molecule has 0 radical (unpaired) electrons. The molecule has 1 aromatic carbocycles. The van der Waals surface area contributed by atoms with Crippen LogP contribution in [0.4, 0.5) is 14.5 Å². The fourth-order valence-corrected chi connectivity index (χ4v) is 2.01. The van der Waals surface area contributed by atoms with Crippen molar-refractivity contribution in [2.75, 3.05) is 18.1 Å². The van der Waals surface area contributed by atoms with Crippen LogP contribution in [0.1, 0.15) is 31.1 Å². The van der Waals surface area contributed by atoms with Crippen molar-refractivity contribution in [3.8, 4) is 0 Å². The minimum Gasteiger partial charge on any atom is -0.374 e. The van der Waals surface area contributed by atoms with Gasteiger partial charge in [-0.25, -0.2) is 8.78 Å². The van der Waals surface area contributed by atoms with Gasteiger partial charge in [-0.3, -0.25) is 14.5 Å². The van der Waals surface area contributed by atoms with Gasteiger partial charge in [-0.05, 0) is 26.8 Å². The van der Waals surface area contributed by atoms with E-state index in [-0.39, 0.29) is 24.4 Å². The van der Waals surface area contributed by atoms with Crippen molar-refractivity contribution in [1.29, 1.82) is 0 Å². The van der Waals surface area contributed by atoms with E-state index in [1.807, 2.05) is 20.8 Å². The summed E-state index contributed by atoms with van der Waals surface area (Å²) in [5, 5.41) is 0. The highest BCUT2D eigenvalue weighted by atomic mass is 19.1. The van der Waals surface area contributed by atoms with Crippen LogP contribution in [0.2, 0.25) is 0 Å². The monoisotopic (exact) mass is 283 g/mol. The van der Waals surface area contributed by atoms with Crippen LogP contribution in [0.3, 0.4) is 0 Å². The van der Waals surface area contributed by atoms with Crippen molar-refractivity contribution in [2.45, 2.75) is 26.4 Å². The lowest BCUT2D eigenvalue weighted by molar-refractivity contribution is -0.114. The van der Waals surface area contributed by atoms with E-state index in [0.29, 0.717) is 6.07 Å². The first-order valence-electron chi connectivity index (χ1n) is 6.20. The lowest BCUT2D eigenvalue weighted by Crippen LogP contribution is -2.35. The van der Waals surface area contributed by atoms with Crippen LogP contribution in [-0.4, -0.2) is 30.4 Å². The Hall–Kier alpha value is -1.82. The number of hydrogen-bond donors (Lipinski definition) is 0. The maximum Gasteiger partial charge on any atom is 0.299 e. The van der Waals surface area contributed by atoms with Gasteiger partial charge in [0.2, 0.25) is 0 Å². The first-order chi connectivity index (χ1) is 9.20. The molecule has 0 aromatic heterocycles. The van der Waals surface area contributed by atoms with Gasteiger partial charge in [0.25, 0.3) is 11.7 Å². The standard InChI is InChI=1S/C14H15F2NO3/c1-14(2,3)20-5-4-17-11-9(12(18)13(17)19)6-8(15)7-10(11)16/h6-7H,4-5H2,1-3H3. The zero-order valence-corrected chi connectivity index (χ0v) is 11.5. The molecule has 0 saturated carbocycles. The highest BCUT2D eigenvalue weighted by Gasteiger charge is 2.38. The minimum absolute atomic E-state index is 0.0391. The van der Waals surface area contributed by atoms with Gasteiger partial charge in [0, 0.05) is 12.6 Å². The molecule has 0 saturated heterocycles. The minimum atomic E-state index is -0.921. The summed E-state index contributed by atoms with van der Waals surface area (Å²) in [5.74, 6) is -3.55. The van der Waals surface area contributed by atoms with Crippen LogP contribution in [0.15, 0.2) is 12.1 Å². The van der Waals surface area contributed by atoms with E-state index in [9.17, 15) is 18.4 Å². The summed E-state index contributed by atoms with van der Waals surface area (Å²) in [6, 6.07) is 1.53. The van der Waals surface area contributed by atoms with E-state index in [2.05, 4.69) is 0 Å². The molecule has 0 spiro atoms. The molecule has 1 aromatic rings. The largest absolute Gasteiger partial charge is 0.374 e. The highest BCUT2D eigenvalue weighted by molar-refractivity contribution is 6.52. The van der Waals surface area contributed by atoms with Gasteiger partial charge >= 0.3 is 0 Å². The molecule has 0 atom stereocenters. The smallest absolute Gasteiger partial charge is 0.299 e. The Kier molecular flexibility index (Phi) is 3.60. The van der Waals surface area contributed by atoms with Gasteiger partial charge in [-0.2, -0.15) is 0 Å². The average Bonchev–Trinajstić information content (AvgIpc) is 2.53. The van der Waals surface area contributed by atoms with Gasteiger partial charge in [0.05, 0.1) is 23.5 Å². The van der Waals surface area contributed by atoms with Crippen molar-refractivity contribution in [3.63, 3.8) is 0 Å². The van der Waals surface area contributed by atoms with Gasteiger partial charge in [0.15, 0.2) is 5.82 Å². The molecule has 108 valence electrons. The van der Waals surface area contributed by atoms with Crippen LogP contribution < -0.4 is 4.90 Å². The quantitative estimate of drug-likeness (QED) is 0.800. The molecule has 2 rings (SSSR count). The number of Topliss-reactive ketones (excluding diaryl/α,β-unsaturated/α-hetero) is 1. The summed E-state index contributed by atoms with van der Waals surface area (Å²) >= 11 is 0. The molecular formula is C14H15F2NO3. The SMILES string of the molecule is CC(C)(C)OCCN1C(=O)C(=O)c2cc(F)cc(F)c21. The van der Waals surface area contributed by atoms with Crippen molar-refractivity contribution in [2.24, 2.45) is 0 Å². The van der Waals surface area contributed by atoms with Crippen LogP contribution >= 0.6 is 0 Å². The van der Waals surface area contributed by atoms with E-state index < -0.39 is 28.9 Å². The molecule has 1 aliphatic heterocycles. The number of hydrogen-bond acceptors (Lipinski definition) is 3. The Balaban J connectivity index is 2.25. The average molecular weight is 283 g/mol. The number of amides is 1. The van der Waals surface area contributed by atoms with Crippen LogP contribution in [0, 0.1) is 11.6 Å². The molecule has 0 fully saturated rings. The number of fused-ring (bicyclic) bond motifs is 1. The summed E-state index contributed by atoms with van der Waals surface area (Å²) < 4.78 is 32.3. The molecule has 0 bridgehead atoms. The van der Waals surface area contributed by atoms with Crippen LogP contribution in [0.25, 0.3) is 0 Å². The Labute approximate surface area is 115 Å². The van der Waals surface area contributed by atoms with Crippen molar-refractivity contribution < 1.29 is 23.1 Å². The molecule has 1 amide bonds. The summed E-state index contributed by atoms with van der Waals surface area (Å²) in [6.45, 7) is 5.71. The van der Waals surface area contributed by atoms with Gasteiger partial charge < -0.3 is 4.74 Å². The first kappa shape index (κ1) is 14.6. The normalized spacial score (nSPS) is 14.9. The van der Waals surface area contributed by atoms with E-state index in [1.165, 1.54) is 0 Å². The molecule has 4 nitrogen and oxygen atoms in total. The lowest BCUT2D eigenvalue weighted by atomic mass is 10.1. The topological polar surface area (TPSA) is 46.6 Å². The predicted octanol–water partition coefficient (Wildman–Crippen LogP) is 2.31. The van der Waals surface area contributed by atoms with Crippen molar-refractivity contribution >= 4 is 17.4 Å². The summed E-state index contributed by atoms with van der Waals surface area (Å²) in [4.78, 5) is 24.5. The van der Waals surface area contributed by atoms with Crippen LogP contribution in [0.5, 0.6) is 0 Å². The second-order valence-electron chi connectivity index (χ2n) is 5.53. The van der Waals surface area contributed by atoms with E-state index >= 15 is 0 Å². The molecule has 1 aliphatic rings. The van der Waals surface area contributed by atoms with Gasteiger partial charge in [-0.15, -0.1) is 0 Å². The zero-order chi connectivity index (χ0) is 15.1. The fraction of sp³-hybridized carbons (Fsp3) is 0.429. The number of rotatable bonds is 3. The molecule has 20 heavy (non-hydrogen) atoms. The fourth-order valence-electron chi connectivity index (χ4n) is 2.01. The molecular weight excluding hydrogens is 268 g/mol. The first-order valence-corrected chi connectivity index (χ1v) is 6.20. The second-order valence-corrected chi connectivity index (χ2v) is 5.53. The van der Waals surface area contributed by atoms with Crippen molar-refractivity contribution in [1.82, 2.24) is 0 Å². The molecule has 6 heteroatoms. The van der Waals surface area contributed by atoms with Gasteiger partial charge in [0.1, 0.15) is 5.82 Å². The number of ether oxygens (including phenoxy) is 1. The number of carbonyl (C=O) groups is 2. The molecule has 1 heterocycles. The van der Waals surface area contributed by atoms with E-state index in [1.54, 1.807) is 0 Å². The van der Waals surface area contributed by atoms with E-state index in [0.717, 1.165) is 11.0 Å². The highest BCUT2D eigenvalue weighted by Crippen LogP contribution is 2.32.